The zero-order chi connectivity index (χ0) is 17.4. The minimum Gasteiger partial charge on any atom is -0.444 e. The Morgan fingerprint density at radius 1 is 1.12 bits per heavy atom. The lowest BCUT2D eigenvalue weighted by Gasteiger charge is -2.27. The number of hydrogen-bond donors (Lipinski definition) is 1. The van der Waals surface area contributed by atoms with Crippen molar-refractivity contribution in [3.05, 3.63) is 29.8 Å². The van der Waals surface area contributed by atoms with Crippen molar-refractivity contribution in [2.75, 3.05) is 31.1 Å². The van der Waals surface area contributed by atoms with Crippen LogP contribution in [0.2, 0.25) is 0 Å². The van der Waals surface area contributed by atoms with Crippen LogP contribution in [-0.4, -0.2) is 47.9 Å². The largest absolute Gasteiger partial charge is 0.444 e. The van der Waals surface area contributed by atoms with Crippen LogP contribution in [0.3, 0.4) is 0 Å². The Morgan fingerprint density at radius 2 is 1.75 bits per heavy atom. The predicted molar refractivity (Wildman–Crippen MR) is 94.2 cm³/mol. The molecule has 2 aliphatic heterocycles. The Kier molecular flexibility index (Phi) is 4.47. The van der Waals surface area contributed by atoms with Gasteiger partial charge in [0.15, 0.2) is 0 Å². The molecule has 24 heavy (non-hydrogen) atoms. The first-order chi connectivity index (χ1) is 11.3. The molecule has 132 valence electrons. The van der Waals surface area contributed by atoms with Gasteiger partial charge in [-0.3, -0.25) is 0 Å². The third-order valence-electron chi connectivity index (χ3n) is 4.78. The maximum Gasteiger partial charge on any atom is 0.410 e. The summed E-state index contributed by atoms with van der Waals surface area (Å²) in [6.07, 6.45) is 2.68. The molecular formula is C19H28N2O3. The molecule has 3 rings (SSSR count). The van der Waals surface area contributed by atoms with Gasteiger partial charge < -0.3 is 19.6 Å². The number of carbonyl (C=O) groups is 1. The van der Waals surface area contributed by atoms with Crippen LogP contribution in [0.1, 0.15) is 45.6 Å². The molecule has 2 fully saturated rings. The van der Waals surface area contributed by atoms with Crippen LogP contribution in [0.15, 0.2) is 24.3 Å². The van der Waals surface area contributed by atoms with Gasteiger partial charge in [0.2, 0.25) is 0 Å². The number of ether oxygens (including phenoxy) is 1. The van der Waals surface area contributed by atoms with Crippen molar-refractivity contribution in [1.29, 1.82) is 0 Å². The molecule has 0 aliphatic carbocycles. The number of carbonyl (C=O) groups excluding carboxylic acids is 1. The molecule has 1 aromatic carbocycles. The summed E-state index contributed by atoms with van der Waals surface area (Å²) in [6.45, 7) is 8.56. The topological polar surface area (TPSA) is 53.0 Å². The van der Waals surface area contributed by atoms with Crippen molar-refractivity contribution >= 4 is 11.8 Å². The van der Waals surface area contributed by atoms with Gasteiger partial charge in [-0.05, 0) is 57.7 Å². The van der Waals surface area contributed by atoms with Crippen LogP contribution in [-0.2, 0) is 10.3 Å². The van der Waals surface area contributed by atoms with Crippen LogP contribution in [0.4, 0.5) is 10.5 Å². The highest BCUT2D eigenvalue weighted by Crippen LogP contribution is 2.34. The molecule has 1 atom stereocenters. The van der Waals surface area contributed by atoms with E-state index >= 15 is 0 Å². The first-order valence-electron chi connectivity index (χ1n) is 8.83. The second-order valence-corrected chi connectivity index (χ2v) is 7.92. The first kappa shape index (κ1) is 17.1. The molecule has 0 aromatic heterocycles. The van der Waals surface area contributed by atoms with Crippen LogP contribution in [0.25, 0.3) is 0 Å². The molecule has 1 unspecified atom stereocenters. The fourth-order valence-corrected chi connectivity index (χ4v) is 3.47. The first-order valence-corrected chi connectivity index (χ1v) is 8.83. The Bertz CT molecular complexity index is 588. The summed E-state index contributed by atoms with van der Waals surface area (Å²) in [5, 5.41) is 11.0. The molecule has 0 radical (unpaired) electrons. The van der Waals surface area contributed by atoms with Gasteiger partial charge in [0.05, 0.1) is 6.54 Å². The van der Waals surface area contributed by atoms with E-state index in [4.69, 9.17) is 4.74 Å². The standard InChI is InChI=1S/C19H28N2O3/c1-18(2,3)24-17(22)21-13-10-19(23,14-21)15-6-8-16(9-7-15)20-11-4-5-12-20/h6-9,23H,4-5,10-14H2,1-3H3. The highest BCUT2D eigenvalue weighted by Gasteiger charge is 2.41. The van der Waals surface area contributed by atoms with E-state index in [9.17, 15) is 9.90 Å². The molecule has 1 N–H and O–H groups in total. The Balaban J connectivity index is 1.67. The van der Waals surface area contributed by atoms with Crippen LogP contribution >= 0.6 is 0 Å². The lowest BCUT2D eigenvalue weighted by Crippen LogP contribution is -2.38. The van der Waals surface area contributed by atoms with Gasteiger partial charge >= 0.3 is 6.09 Å². The van der Waals surface area contributed by atoms with Crippen molar-refractivity contribution in [2.45, 2.75) is 51.2 Å². The van der Waals surface area contributed by atoms with E-state index in [1.807, 2.05) is 32.9 Å². The summed E-state index contributed by atoms with van der Waals surface area (Å²) in [5.41, 5.74) is 0.577. The van der Waals surface area contributed by atoms with Gasteiger partial charge in [-0.15, -0.1) is 0 Å². The van der Waals surface area contributed by atoms with E-state index in [1.54, 1.807) is 4.90 Å². The number of β-amino-alcohol motifs (C(OH)–C–C–N with tert-alkyl or cyclic N) is 1. The summed E-state index contributed by atoms with van der Waals surface area (Å²) in [4.78, 5) is 16.2. The van der Waals surface area contributed by atoms with Gasteiger partial charge in [0.1, 0.15) is 11.2 Å². The number of hydrogen-bond acceptors (Lipinski definition) is 4. The van der Waals surface area contributed by atoms with E-state index in [1.165, 1.54) is 18.5 Å². The van der Waals surface area contributed by atoms with Crippen LogP contribution < -0.4 is 4.90 Å². The molecule has 0 bridgehead atoms. The van der Waals surface area contributed by atoms with Crippen molar-refractivity contribution in [3.8, 4) is 0 Å². The molecule has 2 heterocycles. The summed E-state index contributed by atoms with van der Waals surface area (Å²) in [5.74, 6) is 0. The van der Waals surface area contributed by atoms with E-state index in [-0.39, 0.29) is 12.6 Å². The van der Waals surface area contributed by atoms with Gasteiger partial charge in [-0.2, -0.15) is 0 Å². The van der Waals surface area contributed by atoms with Crippen molar-refractivity contribution in [2.24, 2.45) is 0 Å². The normalized spacial score (nSPS) is 24.5. The lowest BCUT2D eigenvalue weighted by atomic mass is 9.93. The van der Waals surface area contributed by atoms with Gasteiger partial charge in [-0.1, -0.05) is 12.1 Å². The van der Waals surface area contributed by atoms with Crippen molar-refractivity contribution < 1.29 is 14.6 Å². The SMILES string of the molecule is CC(C)(C)OC(=O)N1CCC(O)(c2ccc(N3CCCC3)cc2)C1. The minimum absolute atomic E-state index is 0.283. The number of amides is 1. The zero-order valence-electron chi connectivity index (χ0n) is 14.9. The average molecular weight is 332 g/mol. The number of rotatable bonds is 2. The predicted octanol–water partition coefficient (Wildman–Crippen LogP) is 3.12. The number of likely N-dealkylation sites (tertiary alicyclic amines) is 1. The molecule has 0 spiro atoms. The maximum atomic E-state index is 12.2. The van der Waals surface area contributed by atoms with E-state index in [2.05, 4.69) is 17.0 Å². The Labute approximate surface area is 144 Å². The fraction of sp³-hybridized carbons (Fsp3) is 0.632. The zero-order valence-corrected chi connectivity index (χ0v) is 14.9. The smallest absolute Gasteiger partial charge is 0.410 e. The molecular weight excluding hydrogens is 304 g/mol. The van der Waals surface area contributed by atoms with E-state index in [0.717, 1.165) is 18.7 Å². The van der Waals surface area contributed by atoms with Gasteiger partial charge in [0, 0.05) is 25.3 Å². The lowest BCUT2D eigenvalue weighted by molar-refractivity contribution is 0.0140. The van der Waals surface area contributed by atoms with E-state index in [0.29, 0.717) is 13.0 Å². The minimum atomic E-state index is -0.986. The summed E-state index contributed by atoms with van der Waals surface area (Å²) in [6, 6.07) is 8.14. The summed E-state index contributed by atoms with van der Waals surface area (Å²) in [7, 11) is 0. The summed E-state index contributed by atoms with van der Waals surface area (Å²) < 4.78 is 5.41. The highest BCUT2D eigenvalue weighted by molar-refractivity contribution is 5.69. The number of benzene rings is 1. The number of aliphatic hydroxyl groups is 1. The van der Waals surface area contributed by atoms with Crippen LogP contribution in [0, 0.1) is 0 Å². The molecule has 5 heteroatoms. The molecule has 5 nitrogen and oxygen atoms in total. The molecule has 2 aliphatic rings. The Morgan fingerprint density at radius 3 is 2.33 bits per heavy atom. The average Bonchev–Trinajstić information content (AvgIpc) is 3.16. The maximum absolute atomic E-state index is 12.2. The van der Waals surface area contributed by atoms with Gasteiger partial charge in [-0.25, -0.2) is 4.79 Å². The fourth-order valence-electron chi connectivity index (χ4n) is 3.47. The third-order valence-corrected chi connectivity index (χ3v) is 4.78. The number of nitrogens with zero attached hydrogens (tertiary/aromatic N) is 2. The quantitative estimate of drug-likeness (QED) is 0.904. The van der Waals surface area contributed by atoms with Crippen LogP contribution in [0.5, 0.6) is 0 Å². The number of anilines is 1. The third kappa shape index (κ3) is 3.66. The second kappa shape index (κ2) is 6.28. The summed E-state index contributed by atoms with van der Waals surface area (Å²) >= 11 is 0. The highest BCUT2D eigenvalue weighted by atomic mass is 16.6. The molecule has 0 saturated carbocycles. The molecule has 2 saturated heterocycles. The second-order valence-electron chi connectivity index (χ2n) is 7.92. The van der Waals surface area contributed by atoms with Crippen molar-refractivity contribution in [3.63, 3.8) is 0 Å². The molecule has 1 amide bonds. The van der Waals surface area contributed by atoms with Crippen molar-refractivity contribution in [1.82, 2.24) is 4.90 Å². The monoisotopic (exact) mass is 332 g/mol. The Hall–Kier alpha value is -1.75. The van der Waals surface area contributed by atoms with E-state index < -0.39 is 11.2 Å². The van der Waals surface area contributed by atoms with Gasteiger partial charge in [0.25, 0.3) is 0 Å². The molecule has 1 aromatic rings.